The van der Waals surface area contributed by atoms with Gasteiger partial charge >= 0.3 is 5.97 Å². The van der Waals surface area contributed by atoms with Crippen molar-refractivity contribution in [3.8, 4) is 0 Å². The lowest BCUT2D eigenvalue weighted by molar-refractivity contribution is -0.116. The second-order valence-corrected chi connectivity index (χ2v) is 5.26. The molecule has 24 heavy (non-hydrogen) atoms. The Hall–Kier alpha value is -2.89. The molecule has 0 bridgehead atoms. The monoisotopic (exact) mass is 328 g/mol. The first kappa shape index (κ1) is 17.5. The zero-order valence-electron chi connectivity index (χ0n) is 13.5. The standard InChI is InChI=1S/C18H20N2O4/c1-2-11-24-18(23)14-5-3-6-15(12-14)19-17(22)8-10-20-9-4-7-16(20)13-21/h3-7,9,12-13H,2,8,10-11H2,1H3,(H,19,22). The molecule has 0 unspecified atom stereocenters. The molecule has 126 valence electrons. The summed E-state index contributed by atoms with van der Waals surface area (Å²) < 4.78 is 6.78. The normalized spacial score (nSPS) is 10.2. The number of carbonyl (C=O) groups is 3. The largest absolute Gasteiger partial charge is 0.462 e. The van der Waals surface area contributed by atoms with Crippen LogP contribution in [0.1, 0.15) is 40.6 Å². The van der Waals surface area contributed by atoms with Crippen molar-refractivity contribution < 1.29 is 19.1 Å². The summed E-state index contributed by atoms with van der Waals surface area (Å²) in [6.45, 7) is 2.70. The van der Waals surface area contributed by atoms with Crippen molar-refractivity contribution in [2.75, 3.05) is 11.9 Å². The molecule has 1 amide bonds. The van der Waals surface area contributed by atoms with E-state index < -0.39 is 5.97 Å². The van der Waals surface area contributed by atoms with Crippen LogP contribution in [-0.4, -0.2) is 29.3 Å². The van der Waals surface area contributed by atoms with E-state index >= 15 is 0 Å². The number of rotatable bonds is 8. The van der Waals surface area contributed by atoms with Crippen LogP contribution in [0.5, 0.6) is 0 Å². The molecule has 0 saturated carbocycles. The van der Waals surface area contributed by atoms with Gasteiger partial charge in [-0.15, -0.1) is 0 Å². The van der Waals surface area contributed by atoms with Gasteiger partial charge in [0.1, 0.15) is 0 Å². The van der Waals surface area contributed by atoms with Crippen molar-refractivity contribution in [3.05, 3.63) is 53.9 Å². The summed E-state index contributed by atoms with van der Waals surface area (Å²) in [5.41, 5.74) is 1.47. The fraction of sp³-hybridized carbons (Fsp3) is 0.278. The second kappa shape index (κ2) is 8.67. The van der Waals surface area contributed by atoms with Crippen molar-refractivity contribution in [1.29, 1.82) is 0 Å². The van der Waals surface area contributed by atoms with Crippen LogP contribution >= 0.6 is 0 Å². The van der Waals surface area contributed by atoms with Gasteiger partial charge in [0, 0.05) is 24.8 Å². The molecular formula is C18H20N2O4. The van der Waals surface area contributed by atoms with Gasteiger partial charge in [0.15, 0.2) is 6.29 Å². The van der Waals surface area contributed by atoms with Crippen LogP contribution in [0.2, 0.25) is 0 Å². The Balaban J connectivity index is 1.91. The van der Waals surface area contributed by atoms with Crippen LogP contribution in [0.4, 0.5) is 5.69 Å². The summed E-state index contributed by atoms with van der Waals surface area (Å²) in [5, 5.41) is 2.74. The number of hydrogen-bond acceptors (Lipinski definition) is 4. The molecule has 1 aromatic heterocycles. The van der Waals surface area contributed by atoms with Gasteiger partial charge in [-0.3, -0.25) is 9.59 Å². The minimum absolute atomic E-state index is 0.195. The minimum Gasteiger partial charge on any atom is -0.462 e. The number of anilines is 1. The lowest BCUT2D eigenvalue weighted by atomic mass is 10.2. The predicted molar refractivity (Wildman–Crippen MR) is 90.1 cm³/mol. The van der Waals surface area contributed by atoms with Gasteiger partial charge < -0.3 is 14.6 Å². The van der Waals surface area contributed by atoms with E-state index in [1.807, 2.05) is 6.92 Å². The first-order chi connectivity index (χ1) is 11.6. The summed E-state index contributed by atoms with van der Waals surface area (Å²) in [5.74, 6) is -0.601. The van der Waals surface area contributed by atoms with E-state index in [2.05, 4.69) is 5.32 Å². The average Bonchev–Trinajstić information content (AvgIpc) is 3.05. The second-order valence-electron chi connectivity index (χ2n) is 5.26. The van der Waals surface area contributed by atoms with Crippen molar-refractivity contribution in [2.24, 2.45) is 0 Å². The number of aryl methyl sites for hydroxylation is 1. The maximum atomic E-state index is 12.0. The van der Waals surface area contributed by atoms with Crippen LogP contribution in [0.3, 0.4) is 0 Å². The highest BCUT2D eigenvalue weighted by atomic mass is 16.5. The molecule has 0 spiro atoms. The zero-order chi connectivity index (χ0) is 17.4. The molecule has 2 rings (SSSR count). The molecule has 6 heteroatoms. The maximum absolute atomic E-state index is 12.0. The van der Waals surface area contributed by atoms with Crippen LogP contribution in [-0.2, 0) is 16.1 Å². The first-order valence-corrected chi connectivity index (χ1v) is 7.81. The molecule has 0 saturated heterocycles. The van der Waals surface area contributed by atoms with E-state index in [1.54, 1.807) is 47.2 Å². The third kappa shape index (κ3) is 4.81. The average molecular weight is 328 g/mol. The highest BCUT2D eigenvalue weighted by molar-refractivity contribution is 5.94. The van der Waals surface area contributed by atoms with E-state index in [1.165, 1.54) is 0 Å². The Morgan fingerprint density at radius 3 is 2.83 bits per heavy atom. The number of ether oxygens (including phenoxy) is 1. The number of benzene rings is 1. The lowest BCUT2D eigenvalue weighted by Crippen LogP contribution is -2.15. The van der Waals surface area contributed by atoms with Crippen molar-refractivity contribution in [1.82, 2.24) is 4.57 Å². The summed E-state index contributed by atoms with van der Waals surface area (Å²) >= 11 is 0. The Bertz CT molecular complexity index is 721. The lowest BCUT2D eigenvalue weighted by Gasteiger charge is -2.09. The van der Waals surface area contributed by atoms with Gasteiger partial charge in [0.2, 0.25) is 5.91 Å². The van der Waals surface area contributed by atoms with E-state index in [0.717, 1.165) is 12.7 Å². The fourth-order valence-electron chi connectivity index (χ4n) is 2.19. The molecule has 1 N–H and O–H groups in total. The van der Waals surface area contributed by atoms with E-state index in [0.29, 0.717) is 30.1 Å². The van der Waals surface area contributed by atoms with Crippen LogP contribution in [0.25, 0.3) is 0 Å². The molecule has 0 aliphatic carbocycles. The predicted octanol–water partition coefficient (Wildman–Crippen LogP) is 2.90. The third-order valence-corrected chi connectivity index (χ3v) is 3.38. The number of hydrogen-bond donors (Lipinski definition) is 1. The van der Waals surface area contributed by atoms with Crippen molar-refractivity contribution in [2.45, 2.75) is 26.3 Å². The van der Waals surface area contributed by atoms with Crippen LogP contribution < -0.4 is 5.32 Å². The topological polar surface area (TPSA) is 77.4 Å². The quantitative estimate of drug-likeness (QED) is 0.597. The molecule has 1 aromatic carbocycles. The Morgan fingerprint density at radius 1 is 1.25 bits per heavy atom. The zero-order valence-corrected chi connectivity index (χ0v) is 13.5. The van der Waals surface area contributed by atoms with Crippen molar-refractivity contribution in [3.63, 3.8) is 0 Å². The van der Waals surface area contributed by atoms with Crippen molar-refractivity contribution >= 4 is 23.9 Å². The number of nitrogens with one attached hydrogen (secondary N) is 1. The number of esters is 1. The molecule has 0 aliphatic rings. The molecule has 0 fully saturated rings. The van der Waals surface area contributed by atoms with E-state index in [9.17, 15) is 14.4 Å². The number of nitrogens with zero attached hydrogens (tertiary/aromatic N) is 1. The molecule has 0 radical (unpaired) electrons. The smallest absolute Gasteiger partial charge is 0.338 e. The Morgan fingerprint density at radius 2 is 2.08 bits per heavy atom. The highest BCUT2D eigenvalue weighted by Crippen LogP contribution is 2.12. The molecule has 1 heterocycles. The Kier molecular flexibility index (Phi) is 6.31. The third-order valence-electron chi connectivity index (χ3n) is 3.38. The SMILES string of the molecule is CCCOC(=O)c1cccc(NC(=O)CCn2cccc2C=O)c1. The maximum Gasteiger partial charge on any atom is 0.338 e. The highest BCUT2D eigenvalue weighted by Gasteiger charge is 2.09. The number of amides is 1. The first-order valence-electron chi connectivity index (χ1n) is 7.81. The van der Waals surface area contributed by atoms with E-state index in [4.69, 9.17) is 4.74 Å². The fourth-order valence-corrected chi connectivity index (χ4v) is 2.19. The summed E-state index contributed by atoms with van der Waals surface area (Å²) in [6.07, 6.45) is 3.48. The van der Waals surface area contributed by atoms with Gasteiger partial charge in [-0.05, 0) is 36.8 Å². The van der Waals surface area contributed by atoms with Gasteiger partial charge in [0.05, 0.1) is 17.9 Å². The minimum atomic E-state index is -0.407. The summed E-state index contributed by atoms with van der Waals surface area (Å²) in [6, 6.07) is 10.1. The van der Waals surface area contributed by atoms with E-state index in [-0.39, 0.29) is 12.3 Å². The molecule has 0 atom stereocenters. The van der Waals surface area contributed by atoms with Crippen LogP contribution in [0.15, 0.2) is 42.6 Å². The van der Waals surface area contributed by atoms with Gasteiger partial charge in [-0.25, -0.2) is 4.79 Å². The number of aldehydes is 1. The van der Waals surface area contributed by atoms with Gasteiger partial charge in [-0.2, -0.15) is 0 Å². The molecular weight excluding hydrogens is 308 g/mol. The molecule has 6 nitrogen and oxygen atoms in total. The van der Waals surface area contributed by atoms with Gasteiger partial charge in [-0.1, -0.05) is 13.0 Å². The molecule has 2 aromatic rings. The summed E-state index contributed by atoms with van der Waals surface area (Å²) in [7, 11) is 0. The Labute approximate surface area is 140 Å². The molecule has 0 aliphatic heterocycles. The van der Waals surface area contributed by atoms with Crippen LogP contribution in [0, 0.1) is 0 Å². The number of carbonyl (C=O) groups excluding carboxylic acids is 3. The summed E-state index contributed by atoms with van der Waals surface area (Å²) in [4.78, 5) is 34.7. The number of aromatic nitrogens is 1. The van der Waals surface area contributed by atoms with Gasteiger partial charge in [0.25, 0.3) is 0 Å².